The highest BCUT2D eigenvalue weighted by atomic mass is 79.9. The van der Waals surface area contributed by atoms with Gasteiger partial charge in [0.1, 0.15) is 4.47 Å². The van der Waals surface area contributed by atoms with E-state index in [4.69, 9.17) is 0 Å². The summed E-state index contributed by atoms with van der Waals surface area (Å²) >= 11 is 3.36. The van der Waals surface area contributed by atoms with E-state index in [0.29, 0.717) is 16.9 Å². The van der Waals surface area contributed by atoms with Gasteiger partial charge in [0.25, 0.3) is 5.56 Å². The summed E-state index contributed by atoms with van der Waals surface area (Å²) in [6, 6.07) is 0. The molecule has 2 N–H and O–H groups in total. The molecule has 0 amide bonds. The minimum absolute atomic E-state index is 0.0880. The summed E-state index contributed by atoms with van der Waals surface area (Å²) in [6.45, 7) is 3.52. The van der Waals surface area contributed by atoms with Crippen molar-refractivity contribution in [3.8, 4) is 0 Å². The maximum Gasteiger partial charge on any atom is 0.283 e. The maximum atomic E-state index is 12.1. The zero-order valence-electron chi connectivity index (χ0n) is 11.8. The summed E-state index contributed by atoms with van der Waals surface area (Å²) < 4.78 is 2.04. The molecular weight excluding hydrogens is 322 g/mol. The van der Waals surface area contributed by atoms with Crippen LogP contribution in [0.5, 0.6) is 0 Å². The van der Waals surface area contributed by atoms with E-state index in [1.165, 1.54) is 4.68 Å². The first-order valence-corrected chi connectivity index (χ1v) is 8.08. The van der Waals surface area contributed by atoms with Crippen molar-refractivity contribution < 1.29 is 5.11 Å². The molecule has 20 heavy (non-hydrogen) atoms. The van der Waals surface area contributed by atoms with Crippen LogP contribution >= 0.6 is 15.9 Å². The Bertz CT molecular complexity index is 504. The molecule has 1 aliphatic carbocycles. The standard InChI is InChI=1S/C14H22BrN3O2/c1-2-3-6-18-14(20)13(15)12(9-17-18)16-8-10-4-5-11(19)7-10/h9-11,16,19H,2-8H2,1H3. The zero-order chi connectivity index (χ0) is 14.5. The van der Waals surface area contributed by atoms with Crippen LogP contribution in [-0.4, -0.2) is 27.5 Å². The van der Waals surface area contributed by atoms with E-state index < -0.39 is 0 Å². The molecule has 112 valence electrons. The molecule has 1 fully saturated rings. The molecule has 2 atom stereocenters. The summed E-state index contributed by atoms with van der Waals surface area (Å²) in [5.74, 6) is 0.472. The highest BCUT2D eigenvalue weighted by Gasteiger charge is 2.22. The number of nitrogens with one attached hydrogen (secondary N) is 1. The van der Waals surface area contributed by atoms with Crippen LogP contribution in [0.1, 0.15) is 39.0 Å². The SMILES string of the molecule is CCCCn1ncc(NCC2CCC(O)C2)c(Br)c1=O. The summed E-state index contributed by atoms with van der Waals surface area (Å²) in [4.78, 5) is 12.1. The zero-order valence-corrected chi connectivity index (χ0v) is 13.4. The molecule has 1 aromatic heterocycles. The predicted octanol–water partition coefficient (Wildman–Crippen LogP) is 2.38. The number of aryl methyl sites for hydroxylation is 1. The number of anilines is 1. The molecule has 0 aromatic carbocycles. The molecule has 2 unspecified atom stereocenters. The molecule has 0 saturated heterocycles. The fraction of sp³-hybridized carbons (Fsp3) is 0.714. The van der Waals surface area contributed by atoms with Crippen molar-refractivity contribution in [2.45, 2.75) is 51.7 Å². The summed E-state index contributed by atoms with van der Waals surface area (Å²) in [5.41, 5.74) is 0.652. The first-order valence-electron chi connectivity index (χ1n) is 7.29. The average Bonchev–Trinajstić information content (AvgIpc) is 2.85. The van der Waals surface area contributed by atoms with Crippen LogP contribution in [0.2, 0.25) is 0 Å². The van der Waals surface area contributed by atoms with Crippen molar-refractivity contribution in [3.05, 3.63) is 21.0 Å². The lowest BCUT2D eigenvalue weighted by Crippen LogP contribution is -2.25. The lowest BCUT2D eigenvalue weighted by Gasteiger charge is -2.13. The Morgan fingerprint density at radius 3 is 3.00 bits per heavy atom. The normalized spacial score (nSPS) is 22.1. The molecular formula is C14H22BrN3O2. The first kappa shape index (κ1) is 15.5. The predicted molar refractivity (Wildman–Crippen MR) is 82.9 cm³/mol. The van der Waals surface area contributed by atoms with Gasteiger partial charge in [0, 0.05) is 13.1 Å². The third kappa shape index (κ3) is 3.82. The largest absolute Gasteiger partial charge is 0.393 e. The summed E-state index contributed by atoms with van der Waals surface area (Å²) in [7, 11) is 0. The minimum Gasteiger partial charge on any atom is -0.393 e. The number of unbranched alkanes of at least 4 members (excludes halogenated alkanes) is 1. The molecule has 2 rings (SSSR count). The smallest absolute Gasteiger partial charge is 0.283 e. The van der Waals surface area contributed by atoms with Crippen LogP contribution in [0.4, 0.5) is 5.69 Å². The average molecular weight is 344 g/mol. The van der Waals surface area contributed by atoms with Gasteiger partial charge >= 0.3 is 0 Å². The number of nitrogens with zero attached hydrogens (tertiary/aromatic N) is 2. The number of hydrogen-bond donors (Lipinski definition) is 2. The molecule has 0 bridgehead atoms. The highest BCUT2D eigenvalue weighted by Crippen LogP contribution is 2.26. The number of rotatable bonds is 6. The second-order valence-electron chi connectivity index (χ2n) is 5.47. The topological polar surface area (TPSA) is 67.2 Å². The maximum absolute atomic E-state index is 12.1. The van der Waals surface area contributed by atoms with E-state index in [1.54, 1.807) is 6.20 Å². The van der Waals surface area contributed by atoms with Gasteiger partial charge in [0.15, 0.2) is 0 Å². The van der Waals surface area contributed by atoms with E-state index in [2.05, 4.69) is 33.3 Å². The van der Waals surface area contributed by atoms with Crippen LogP contribution in [-0.2, 0) is 6.54 Å². The molecule has 1 heterocycles. The van der Waals surface area contributed by atoms with E-state index in [9.17, 15) is 9.90 Å². The molecule has 1 saturated carbocycles. The Hall–Kier alpha value is -0.880. The monoisotopic (exact) mass is 343 g/mol. The highest BCUT2D eigenvalue weighted by molar-refractivity contribution is 9.10. The Balaban J connectivity index is 1.98. The molecule has 0 spiro atoms. The second kappa shape index (κ2) is 7.22. The Morgan fingerprint density at radius 2 is 2.35 bits per heavy atom. The van der Waals surface area contributed by atoms with Crippen molar-refractivity contribution in [2.24, 2.45) is 5.92 Å². The van der Waals surface area contributed by atoms with Crippen molar-refractivity contribution in [1.82, 2.24) is 9.78 Å². The van der Waals surface area contributed by atoms with Crippen molar-refractivity contribution >= 4 is 21.6 Å². The van der Waals surface area contributed by atoms with Crippen molar-refractivity contribution in [2.75, 3.05) is 11.9 Å². The third-order valence-electron chi connectivity index (χ3n) is 3.80. The fourth-order valence-electron chi connectivity index (χ4n) is 2.54. The van der Waals surface area contributed by atoms with Gasteiger partial charge in [-0.3, -0.25) is 4.79 Å². The van der Waals surface area contributed by atoms with E-state index in [1.807, 2.05) is 0 Å². The minimum atomic E-state index is -0.162. The van der Waals surface area contributed by atoms with Gasteiger partial charge in [-0.05, 0) is 47.5 Å². The van der Waals surface area contributed by atoms with Crippen LogP contribution < -0.4 is 10.9 Å². The summed E-state index contributed by atoms with van der Waals surface area (Å²) in [6.07, 6.45) is 6.28. The van der Waals surface area contributed by atoms with Gasteiger partial charge in [-0.15, -0.1) is 0 Å². The number of aromatic nitrogens is 2. The fourth-order valence-corrected chi connectivity index (χ4v) is 2.99. The lowest BCUT2D eigenvalue weighted by atomic mass is 10.1. The van der Waals surface area contributed by atoms with Gasteiger partial charge in [-0.1, -0.05) is 13.3 Å². The van der Waals surface area contributed by atoms with Crippen LogP contribution in [0.15, 0.2) is 15.5 Å². The Labute approximate surface area is 127 Å². The lowest BCUT2D eigenvalue weighted by molar-refractivity contribution is 0.178. The number of aliphatic hydroxyl groups is 1. The van der Waals surface area contributed by atoms with Crippen LogP contribution in [0.3, 0.4) is 0 Å². The Morgan fingerprint density at radius 1 is 1.55 bits per heavy atom. The van der Waals surface area contributed by atoms with Crippen molar-refractivity contribution in [1.29, 1.82) is 0 Å². The number of hydrogen-bond acceptors (Lipinski definition) is 4. The number of halogens is 1. The molecule has 5 nitrogen and oxygen atoms in total. The van der Waals surface area contributed by atoms with E-state index in [0.717, 1.165) is 44.3 Å². The third-order valence-corrected chi connectivity index (χ3v) is 4.57. The molecule has 1 aromatic rings. The van der Waals surface area contributed by atoms with Crippen LogP contribution in [0, 0.1) is 5.92 Å². The molecule has 1 aliphatic rings. The van der Waals surface area contributed by atoms with Gasteiger partial charge in [0.05, 0.1) is 18.0 Å². The second-order valence-corrected chi connectivity index (χ2v) is 6.26. The van der Waals surface area contributed by atoms with Gasteiger partial charge in [0.2, 0.25) is 0 Å². The van der Waals surface area contributed by atoms with Crippen LogP contribution in [0.25, 0.3) is 0 Å². The Kier molecular flexibility index (Phi) is 5.60. The first-order chi connectivity index (χ1) is 9.61. The van der Waals surface area contributed by atoms with Crippen molar-refractivity contribution in [3.63, 3.8) is 0 Å². The molecule has 0 radical (unpaired) electrons. The van der Waals surface area contributed by atoms with E-state index in [-0.39, 0.29) is 11.7 Å². The van der Waals surface area contributed by atoms with Gasteiger partial charge in [-0.25, -0.2) is 4.68 Å². The van der Waals surface area contributed by atoms with E-state index >= 15 is 0 Å². The van der Waals surface area contributed by atoms with Gasteiger partial charge < -0.3 is 10.4 Å². The number of aliphatic hydroxyl groups excluding tert-OH is 1. The summed E-state index contributed by atoms with van der Waals surface area (Å²) in [5, 5.41) is 17.0. The molecule has 0 aliphatic heterocycles. The van der Waals surface area contributed by atoms with Gasteiger partial charge in [-0.2, -0.15) is 5.10 Å². The quantitative estimate of drug-likeness (QED) is 0.832. The molecule has 6 heteroatoms.